The zero-order valence-electron chi connectivity index (χ0n) is 49.3. The number of furan rings is 2. The Morgan fingerprint density at radius 1 is 0.366 bits per heavy atom. The fourth-order valence-electron chi connectivity index (χ4n) is 12.9. The number of nitrogens with zero attached hydrogens (tertiary/aromatic N) is 2. The number of para-hydroxylation sites is 2. The monoisotopic (exact) mass is 1070 g/mol. The van der Waals surface area contributed by atoms with Crippen molar-refractivity contribution < 1.29 is 13.2 Å². The van der Waals surface area contributed by atoms with Crippen LogP contribution in [0.25, 0.3) is 55.0 Å². The number of anilines is 6. The minimum atomic E-state index is -1.16. The number of fused-ring (bicyclic) bond motifs is 11. The maximum Gasteiger partial charge on any atom is 0.156 e. The van der Waals surface area contributed by atoms with E-state index in [2.05, 4.69) is 275 Å². The lowest BCUT2D eigenvalue weighted by molar-refractivity contribution is 0.590. The van der Waals surface area contributed by atoms with Gasteiger partial charge in [0.1, 0.15) is 22.3 Å². The molecular weight excluding hydrogens is 1000 g/mol. The molecule has 0 saturated heterocycles. The molecule has 2 heterocycles. The molecule has 0 unspecified atom stereocenters. The normalized spacial score (nSPS) is 13.5. The minimum Gasteiger partial charge on any atom is -0.456 e. The van der Waals surface area contributed by atoms with Gasteiger partial charge >= 0.3 is 0 Å². The van der Waals surface area contributed by atoms with Gasteiger partial charge in [0.05, 0.1) is 27.6 Å². The van der Waals surface area contributed by atoms with Crippen molar-refractivity contribution in [1.82, 2.24) is 0 Å². The molecule has 408 valence electrons. The van der Waals surface area contributed by atoms with Crippen LogP contribution in [0.3, 0.4) is 0 Å². The van der Waals surface area contributed by atoms with Crippen LogP contribution in [0.15, 0.2) is 221 Å². The maximum absolute atomic E-state index is 20.6. The van der Waals surface area contributed by atoms with Crippen LogP contribution in [0, 0.1) is 5.82 Å². The first-order valence-electron chi connectivity index (χ1n) is 28.9. The summed E-state index contributed by atoms with van der Waals surface area (Å²) in [6.07, 6.45) is 0. The smallest absolute Gasteiger partial charge is 0.156 e. The SMILES string of the molecule is CC(C)(C)c1ccc(N(c2ccc(C(C)(C)C)cc2)c2cc3c(c4oc5ccccc5c24)-c2c(F)c(N(c4ccc(C(C)(C)C)cc4)c4ccc(C(C)(C)C)cc4)c4c(oc5ccccc54)c2C3(c2ccccc2)c2ccccc2)cc1. The zero-order valence-corrected chi connectivity index (χ0v) is 49.3. The topological polar surface area (TPSA) is 32.8 Å². The van der Waals surface area contributed by atoms with Gasteiger partial charge < -0.3 is 18.6 Å². The van der Waals surface area contributed by atoms with Gasteiger partial charge in [0.15, 0.2) is 5.82 Å². The molecule has 0 fully saturated rings. The zero-order chi connectivity index (χ0) is 57.3. The Hall–Kier alpha value is -8.67. The third-order valence-electron chi connectivity index (χ3n) is 17.2. The third-order valence-corrected chi connectivity index (χ3v) is 17.2. The van der Waals surface area contributed by atoms with Gasteiger partial charge in [-0.15, -0.1) is 0 Å². The van der Waals surface area contributed by atoms with Crippen molar-refractivity contribution in [3.63, 3.8) is 0 Å². The largest absolute Gasteiger partial charge is 0.456 e. The van der Waals surface area contributed by atoms with Gasteiger partial charge in [0, 0.05) is 50.2 Å². The first kappa shape index (κ1) is 52.7. The highest BCUT2D eigenvalue weighted by Gasteiger charge is 2.53. The molecule has 0 bridgehead atoms. The first-order chi connectivity index (χ1) is 39.1. The lowest BCUT2D eigenvalue weighted by Gasteiger charge is -2.35. The second kappa shape index (κ2) is 19.0. The quantitative estimate of drug-likeness (QED) is 0.152. The standard InChI is InChI=1S/C77H71FN2O2/c1-73(2,3)48-31-39-54(40-32-48)79(55-41-33-49(34-42-55)74(4,5)6)61-47-60-66(71-64(61)58-27-19-21-29-62(58)81-71)67-68(77(60,52-23-15-13-16-24-52)53-25-17-14-18-26-53)72-65(59-28-20-22-30-63(59)82-72)70(69(67)78)80(56-43-35-50(36-44-56)75(7,8)9)57-45-37-51(38-46-57)76(10,11)12/h13-47H,1-12H3. The van der Waals surface area contributed by atoms with Crippen molar-refractivity contribution in [3.05, 3.63) is 263 Å². The Bertz CT molecular complexity index is 4230. The van der Waals surface area contributed by atoms with Crippen LogP contribution >= 0.6 is 0 Å². The van der Waals surface area contributed by atoms with Crippen molar-refractivity contribution in [3.8, 4) is 11.1 Å². The van der Waals surface area contributed by atoms with Crippen LogP contribution in [0.1, 0.15) is 128 Å². The lowest BCUT2D eigenvalue weighted by atomic mass is 9.67. The summed E-state index contributed by atoms with van der Waals surface area (Å²) < 4.78 is 35.6. The molecule has 0 spiro atoms. The molecule has 0 amide bonds. The highest BCUT2D eigenvalue weighted by Crippen LogP contribution is 2.65. The van der Waals surface area contributed by atoms with Gasteiger partial charge in [0.2, 0.25) is 0 Å². The van der Waals surface area contributed by atoms with Crippen LogP contribution in [0.4, 0.5) is 38.5 Å². The van der Waals surface area contributed by atoms with Gasteiger partial charge in [-0.1, -0.05) is 229 Å². The summed E-state index contributed by atoms with van der Waals surface area (Å²) in [5, 5.41) is 3.33. The molecule has 13 rings (SSSR count). The number of hydrogen-bond donors (Lipinski definition) is 0. The van der Waals surface area contributed by atoms with Crippen LogP contribution in [0.5, 0.6) is 0 Å². The molecule has 0 radical (unpaired) electrons. The molecule has 1 aliphatic rings. The fraction of sp³-hybridized carbons (Fsp3) is 0.221. The molecule has 2 aromatic heterocycles. The van der Waals surface area contributed by atoms with E-state index in [1.807, 2.05) is 30.3 Å². The van der Waals surface area contributed by atoms with E-state index in [-0.39, 0.29) is 27.5 Å². The molecule has 1 aliphatic carbocycles. The second-order valence-corrected chi connectivity index (χ2v) is 26.7. The van der Waals surface area contributed by atoms with Crippen molar-refractivity contribution >= 4 is 78.0 Å². The van der Waals surface area contributed by atoms with Gasteiger partial charge in [-0.25, -0.2) is 4.39 Å². The van der Waals surface area contributed by atoms with E-state index in [1.54, 1.807) is 0 Å². The number of hydrogen-bond acceptors (Lipinski definition) is 4. The molecule has 0 N–H and O–H groups in total. The number of benzene rings is 10. The summed E-state index contributed by atoms with van der Waals surface area (Å²) >= 11 is 0. The molecule has 82 heavy (non-hydrogen) atoms. The molecule has 12 aromatic rings. The van der Waals surface area contributed by atoms with E-state index in [1.165, 1.54) is 22.3 Å². The molecule has 0 aliphatic heterocycles. The number of halogens is 1. The van der Waals surface area contributed by atoms with Crippen LogP contribution < -0.4 is 9.80 Å². The summed E-state index contributed by atoms with van der Waals surface area (Å²) in [4.78, 5) is 4.51. The van der Waals surface area contributed by atoms with Gasteiger partial charge in [-0.2, -0.15) is 0 Å². The Balaban J connectivity index is 1.24. The predicted octanol–water partition coefficient (Wildman–Crippen LogP) is 22.1. The summed E-state index contributed by atoms with van der Waals surface area (Å²) in [6.45, 7) is 26.9. The van der Waals surface area contributed by atoms with Crippen molar-refractivity contribution in [1.29, 1.82) is 0 Å². The van der Waals surface area contributed by atoms with E-state index in [0.29, 0.717) is 44.5 Å². The molecule has 4 nitrogen and oxygen atoms in total. The summed E-state index contributed by atoms with van der Waals surface area (Å²) in [7, 11) is 0. The third kappa shape index (κ3) is 8.37. The van der Waals surface area contributed by atoms with Crippen LogP contribution in [-0.2, 0) is 27.1 Å². The maximum atomic E-state index is 20.6. The average molecular weight is 1080 g/mol. The molecule has 0 atom stereocenters. The molecular formula is C77H71FN2O2. The van der Waals surface area contributed by atoms with Gasteiger partial charge in [-0.3, -0.25) is 0 Å². The summed E-state index contributed by atoms with van der Waals surface area (Å²) in [6, 6.07) is 75.4. The van der Waals surface area contributed by atoms with E-state index >= 15 is 4.39 Å². The van der Waals surface area contributed by atoms with E-state index in [4.69, 9.17) is 8.83 Å². The van der Waals surface area contributed by atoms with E-state index in [9.17, 15) is 0 Å². The Kier molecular flexibility index (Phi) is 12.2. The Morgan fingerprint density at radius 2 is 0.720 bits per heavy atom. The lowest BCUT2D eigenvalue weighted by Crippen LogP contribution is -2.29. The van der Waals surface area contributed by atoms with E-state index in [0.717, 1.165) is 66.8 Å². The highest BCUT2D eigenvalue weighted by atomic mass is 19.1. The predicted molar refractivity (Wildman–Crippen MR) is 342 cm³/mol. The molecule has 0 saturated carbocycles. The Morgan fingerprint density at radius 3 is 1.12 bits per heavy atom. The number of rotatable bonds is 8. The molecule has 10 aromatic carbocycles. The van der Waals surface area contributed by atoms with Crippen molar-refractivity contribution in [2.45, 2.75) is 110 Å². The minimum absolute atomic E-state index is 0.0672. The first-order valence-corrected chi connectivity index (χ1v) is 28.9. The van der Waals surface area contributed by atoms with Crippen molar-refractivity contribution in [2.24, 2.45) is 0 Å². The molecule has 5 heteroatoms. The average Bonchev–Trinajstić information content (AvgIpc) is 2.37. The van der Waals surface area contributed by atoms with Gasteiger partial charge in [-0.05, 0) is 127 Å². The fourth-order valence-corrected chi connectivity index (χ4v) is 12.9. The van der Waals surface area contributed by atoms with E-state index < -0.39 is 5.41 Å². The highest BCUT2D eigenvalue weighted by molar-refractivity contribution is 6.23. The van der Waals surface area contributed by atoms with Crippen LogP contribution in [0.2, 0.25) is 0 Å². The second-order valence-electron chi connectivity index (χ2n) is 26.7. The Labute approximate surface area is 482 Å². The van der Waals surface area contributed by atoms with Crippen molar-refractivity contribution in [2.75, 3.05) is 9.80 Å². The van der Waals surface area contributed by atoms with Crippen LogP contribution in [-0.4, -0.2) is 0 Å². The summed E-state index contributed by atoms with van der Waals surface area (Å²) in [5.41, 5.74) is 15.6. The van der Waals surface area contributed by atoms with Gasteiger partial charge in [0.25, 0.3) is 0 Å². The summed E-state index contributed by atoms with van der Waals surface area (Å²) in [5.74, 6) is -0.370.